The highest BCUT2D eigenvalue weighted by molar-refractivity contribution is 7.90. The predicted molar refractivity (Wildman–Crippen MR) is 190 cm³/mol. The predicted octanol–water partition coefficient (Wildman–Crippen LogP) is 6.17. The normalized spacial score (nSPS) is 31.6. The third-order valence-electron chi connectivity index (χ3n) is 11.6. The van der Waals surface area contributed by atoms with Crippen LogP contribution in [0.3, 0.4) is 0 Å². The van der Waals surface area contributed by atoms with E-state index in [9.17, 15) is 18.3 Å². The SMILES string of the molecule is COc1ccc([C@@]2(O)/C=C/C[C@H](C)[C@@H](C)S(=O)(=O)NC(=O)c3ccc4c(c3)N(C[C@@H]3CC[C@H]32)C[C@@]2(CCCc3cc(Cl)ccc32)CO4)cn1. The zero-order chi connectivity index (χ0) is 34.6. The second-order valence-corrected chi connectivity index (χ2v) is 16.9. The van der Waals surface area contributed by atoms with E-state index >= 15 is 0 Å². The van der Waals surface area contributed by atoms with E-state index in [1.165, 1.54) is 11.1 Å². The number of methoxy groups -OCH3 is 1. The molecule has 3 heterocycles. The Hall–Kier alpha value is -3.60. The lowest BCUT2D eigenvalue weighted by molar-refractivity contribution is -0.0502. The maximum absolute atomic E-state index is 13.5. The molecule has 1 spiro atoms. The summed E-state index contributed by atoms with van der Waals surface area (Å²) in [5, 5.41) is 12.5. The number of fused-ring (bicyclic) bond motifs is 4. The molecule has 1 saturated carbocycles. The van der Waals surface area contributed by atoms with Gasteiger partial charge in [0.2, 0.25) is 15.9 Å². The van der Waals surface area contributed by atoms with Crippen LogP contribution in [-0.4, -0.2) is 56.5 Å². The van der Waals surface area contributed by atoms with Gasteiger partial charge in [0.15, 0.2) is 0 Å². The van der Waals surface area contributed by atoms with Crippen LogP contribution in [-0.2, 0) is 27.5 Å². The molecule has 11 heteroatoms. The van der Waals surface area contributed by atoms with Gasteiger partial charge in [-0.2, -0.15) is 0 Å². The molecule has 260 valence electrons. The van der Waals surface area contributed by atoms with Crippen molar-refractivity contribution in [3.05, 3.63) is 94.2 Å². The van der Waals surface area contributed by atoms with Crippen LogP contribution >= 0.6 is 11.6 Å². The number of aliphatic hydroxyl groups is 1. The fourth-order valence-electron chi connectivity index (χ4n) is 8.32. The molecule has 7 rings (SSSR count). The van der Waals surface area contributed by atoms with Gasteiger partial charge >= 0.3 is 0 Å². The summed E-state index contributed by atoms with van der Waals surface area (Å²) in [5.41, 5.74) is 2.44. The lowest BCUT2D eigenvalue weighted by atomic mass is 9.62. The molecule has 2 aliphatic carbocycles. The number of allylic oxidation sites excluding steroid dienone is 1. The van der Waals surface area contributed by atoms with Crippen molar-refractivity contribution >= 4 is 33.2 Å². The number of carbonyl (C=O) groups excluding carboxylic acids is 1. The summed E-state index contributed by atoms with van der Waals surface area (Å²) in [7, 11) is -2.45. The summed E-state index contributed by atoms with van der Waals surface area (Å²) in [6, 6.07) is 14.9. The summed E-state index contributed by atoms with van der Waals surface area (Å²) < 4.78 is 41.2. The zero-order valence-electron chi connectivity index (χ0n) is 28.2. The van der Waals surface area contributed by atoms with E-state index in [0.717, 1.165) is 37.8 Å². The van der Waals surface area contributed by atoms with E-state index in [2.05, 4.69) is 26.7 Å². The molecule has 0 radical (unpaired) electrons. The molecule has 6 atom stereocenters. The summed E-state index contributed by atoms with van der Waals surface area (Å²) in [4.78, 5) is 20.3. The zero-order valence-corrected chi connectivity index (χ0v) is 29.8. The number of aryl methyl sites for hydroxylation is 1. The molecule has 2 aliphatic heterocycles. The maximum Gasteiger partial charge on any atom is 0.264 e. The molecule has 2 bridgehead atoms. The third-order valence-corrected chi connectivity index (χ3v) is 13.7. The van der Waals surface area contributed by atoms with Crippen molar-refractivity contribution in [3.63, 3.8) is 0 Å². The number of ether oxygens (including phenoxy) is 2. The molecule has 9 nitrogen and oxygen atoms in total. The largest absolute Gasteiger partial charge is 0.490 e. The summed E-state index contributed by atoms with van der Waals surface area (Å²) >= 11 is 6.45. The number of nitrogens with zero attached hydrogens (tertiary/aromatic N) is 2. The van der Waals surface area contributed by atoms with Crippen molar-refractivity contribution < 1.29 is 27.8 Å². The van der Waals surface area contributed by atoms with Crippen LogP contribution in [0.2, 0.25) is 5.02 Å². The molecular weight excluding hydrogens is 662 g/mol. The number of hydrogen-bond acceptors (Lipinski definition) is 8. The van der Waals surface area contributed by atoms with Gasteiger partial charge < -0.3 is 19.5 Å². The van der Waals surface area contributed by atoms with Gasteiger partial charge in [0, 0.05) is 52.8 Å². The summed E-state index contributed by atoms with van der Waals surface area (Å²) in [6.45, 7) is 5.15. The molecular formula is C38H44ClN3O6S. The molecule has 1 aromatic heterocycles. The molecule has 0 saturated heterocycles. The number of hydrogen-bond donors (Lipinski definition) is 2. The third kappa shape index (κ3) is 6.21. The van der Waals surface area contributed by atoms with Crippen LogP contribution in [0.4, 0.5) is 5.69 Å². The topological polar surface area (TPSA) is 118 Å². The lowest BCUT2D eigenvalue weighted by Gasteiger charge is -2.49. The quantitative estimate of drug-likeness (QED) is 0.304. The van der Waals surface area contributed by atoms with Crippen molar-refractivity contribution in [1.82, 2.24) is 9.71 Å². The Labute approximate surface area is 293 Å². The molecule has 2 N–H and O–H groups in total. The minimum atomic E-state index is -4.01. The van der Waals surface area contributed by atoms with Crippen LogP contribution in [0.5, 0.6) is 11.6 Å². The van der Waals surface area contributed by atoms with E-state index in [1.807, 2.05) is 31.2 Å². The molecule has 1 amide bonds. The highest BCUT2D eigenvalue weighted by Crippen LogP contribution is 2.51. The second-order valence-electron chi connectivity index (χ2n) is 14.4. The number of rotatable bonds is 2. The number of nitrogens with one attached hydrogen (secondary N) is 1. The highest BCUT2D eigenvalue weighted by Gasteiger charge is 2.49. The smallest absolute Gasteiger partial charge is 0.264 e. The average molecular weight is 706 g/mol. The average Bonchev–Trinajstić information content (AvgIpc) is 3.22. The molecule has 49 heavy (non-hydrogen) atoms. The van der Waals surface area contributed by atoms with Gasteiger partial charge in [-0.3, -0.25) is 4.79 Å². The molecule has 1 fully saturated rings. The molecule has 4 aliphatic rings. The number of carbonyl (C=O) groups is 1. The fraction of sp³-hybridized carbons (Fsp3) is 0.474. The fourth-order valence-corrected chi connectivity index (χ4v) is 9.80. The number of benzene rings is 2. The monoisotopic (exact) mass is 705 g/mol. The minimum Gasteiger partial charge on any atom is -0.490 e. The standard InChI is InChI=1S/C38H44ClN3O6S/c1-24-6-4-17-38(44,29-10-15-35(47-3)40-20-29)32-12-8-28(32)21-42-22-37(16-5-7-26-18-30(39)11-13-31(26)37)23-48-34-14-9-27(19-33(34)42)36(43)41-49(45,46)25(24)2/h4,9-11,13-15,17-20,24-25,28,32,44H,5-8,12,16,21-23H2,1-3H3,(H,41,43)/b17-4+/t24-,25+,28-,32+,37-,38-/m0/s1. The van der Waals surface area contributed by atoms with Crippen LogP contribution < -0.4 is 19.1 Å². The maximum atomic E-state index is 13.5. The number of pyridine rings is 1. The van der Waals surface area contributed by atoms with Crippen LogP contribution in [0.1, 0.15) is 73.0 Å². The summed E-state index contributed by atoms with van der Waals surface area (Å²) in [6.07, 6.45) is 10.4. The van der Waals surface area contributed by atoms with Crippen molar-refractivity contribution in [1.29, 1.82) is 0 Å². The van der Waals surface area contributed by atoms with Gasteiger partial charge in [0.25, 0.3) is 5.91 Å². The number of sulfonamides is 1. The van der Waals surface area contributed by atoms with Crippen LogP contribution in [0, 0.1) is 17.8 Å². The van der Waals surface area contributed by atoms with Crippen molar-refractivity contribution in [2.45, 2.75) is 68.6 Å². The number of anilines is 1. The van der Waals surface area contributed by atoms with Gasteiger partial charge in [-0.25, -0.2) is 18.1 Å². The number of amides is 1. The Morgan fingerprint density at radius 3 is 2.69 bits per heavy atom. The van der Waals surface area contributed by atoms with Gasteiger partial charge in [0.05, 0.1) is 24.7 Å². The second kappa shape index (κ2) is 12.9. The van der Waals surface area contributed by atoms with E-state index < -0.39 is 26.8 Å². The van der Waals surface area contributed by atoms with Crippen molar-refractivity contribution in [3.8, 4) is 11.6 Å². The van der Waals surface area contributed by atoms with Crippen molar-refractivity contribution in [2.24, 2.45) is 17.8 Å². The Balaban J connectivity index is 1.34. The van der Waals surface area contributed by atoms with Crippen LogP contribution in [0.25, 0.3) is 0 Å². The highest BCUT2D eigenvalue weighted by atomic mass is 35.5. The number of aromatic nitrogens is 1. The first-order chi connectivity index (χ1) is 23.4. The van der Waals surface area contributed by atoms with Crippen LogP contribution in [0.15, 0.2) is 66.9 Å². The Morgan fingerprint density at radius 2 is 1.96 bits per heavy atom. The van der Waals surface area contributed by atoms with Gasteiger partial charge in [-0.15, -0.1) is 0 Å². The Morgan fingerprint density at radius 1 is 1.12 bits per heavy atom. The summed E-state index contributed by atoms with van der Waals surface area (Å²) in [5.74, 6) is 0.0896. The van der Waals surface area contributed by atoms with E-state index in [4.69, 9.17) is 21.1 Å². The van der Waals surface area contributed by atoms with Gasteiger partial charge in [-0.1, -0.05) is 36.7 Å². The van der Waals surface area contributed by atoms with Crippen molar-refractivity contribution in [2.75, 3.05) is 31.7 Å². The molecule has 0 unspecified atom stereocenters. The Bertz CT molecular complexity index is 1880. The van der Waals surface area contributed by atoms with Gasteiger partial charge in [-0.05, 0) is 105 Å². The lowest BCUT2D eigenvalue weighted by Crippen LogP contribution is -2.51. The molecule has 3 aromatic rings. The van der Waals surface area contributed by atoms with E-state index in [0.29, 0.717) is 48.3 Å². The first-order valence-corrected chi connectivity index (χ1v) is 19.1. The Kier molecular flexibility index (Phi) is 8.94. The first kappa shape index (κ1) is 33.9. The van der Waals surface area contributed by atoms with E-state index in [-0.39, 0.29) is 28.7 Å². The van der Waals surface area contributed by atoms with Gasteiger partial charge in [0.1, 0.15) is 11.4 Å². The first-order valence-electron chi connectivity index (χ1n) is 17.2. The van der Waals surface area contributed by atoms with E-state index in [1.54, 1.807) is 44.5 Å². The minimum absolute atomic E-state index is 0.107. The molecule has 2 aromatic carbocycles. The number of halogens is 1.